The summed E-state index contributed by atoms with van der Waals surface area (Å²) in [5.41, 5.74) is 5.33. The van der Waals surface area contributed by atoms with Gasteiger partial charge < -0.3 is 15.3 Å². The summed E-state index contributed by atoms with van der Waals surface area (Å²) in [6, 6.07) is 0.00713. The van der Waals surface area contributed by atoms with Crippen LogP contribution in [0.25, 0.3) is 5.71 Å². The molecule has 0 unspecified atom stereocenters. The van der Waals surface area contributed by atoms with Gasteiger partial charge in [0.05, 0.1) is 0 Å². The molecule has 0 fully saturated rings. The van der Waals surface area contributed by atoms with Crippen molar-refractivity contribution >= 4 is 11.7 Å². The summed E-state index contributed by atoms with van der Waals surface area (Å²) in [6.45, 7) is 0. The molecule has 0 bridgehead atoms. The van der Waals surface area contributed by atoms with Crippen molar-refractivity contribution in [2.75, 3.05) is 5.73 Å². The van der Waals surface area contributed by atoms with Gasteiger partial charge in [0.15, 0.2) is 0 Å². The lowest BCUT2D eigenvalue weighted by Gasteiger charge is -1.75. The van der Waals surface area contributed by atoms with Gasteiger partial charge in [-0.2, -0.15) is 9.50 Å². The maximum atomic E-state index is 8.90. The van der Waals surface area contributed by atoms with E-state index in [0.717, 1.165) is 0 Å². The van der Waals surface area contributed by atoms with Crippen molar-refractivity contribution in [2.24, 2.45) is 0 Å². The Morgan fingerprint density at radius 1 is 1.70 bits per heavy atom. The van der Waals surface area contributed by atoms with Crippen LogP contribution in [-0.4, -0.2) is 19.7 Å². The number of aromatic hydroxyl groups is 1. The Morgan fingerprint density at radius 2 is 2.50 bits per heavy atom. The zero-order valence-corrected chi connectivity index (χ0v) is 4.85. The second-order valence-electron chi connectivity index (χ2n) is 1.76. The predicted octanol–water partition coefficient (Wildman–Crippen LogP) is -0.390. The molecule has 0 amide bonds. The van der Waals surface area contributed by atoms with Crippen LogP contribution in [0.4, 0.5) is 6.01 Å². The van der Waals surface area contributed by atoms with E-state index in [1.807, 2.05) is 0 Å². The van der Waals surface area contributed by atoms with Gasteiger partial charge in [0.25, 0.3) is 11.6 Å². The largest absolute Gasteiger partial charge is 0.489 e. The highest BCUT2D eigenvalue weighted by Gasteiger charge is 2.07. The van der Waals surface area contributed by atoms with Crippen LogP contribution >= 0.6 is 0 Å². The molecule has 3 N–H and O–H groups in total. The van der Waals surface area contributed by atoms with Crippen LogP contribution < -0.4 is 5.73 Å². The molecule has 52 valence electrons. The highest BCUT2D eigenvalue weighted by atomic mass is 16.4. The van der Waals surface area contributed by atoms with Gasteiger partial charge in [-0.3, -0.25) is 0 Å². The molecule has 2 rings (SSSR count). The molecule has 0 radical (unpaired) electrons. The summed E-state index contributed by atoms with van der Waals surface area (Å²) < 4.78 is 6.01. The van der Waals surface area contributed by atoms with Crippen LogP contribution in [-0.2, 0) is 0 Å². The number of nitrogens with zero attached hydrogens (tertiary/aromatic N) is 3. The third kappa shape index (κ3) is 0.471. The van der Waals surface area contributed by atoms with Gasteiger partial charge in [0.2, 0.25) is 0 Å². The number of nitrogen functional groups attached to an aromatic ring is 1. The van der Waals surface area contributed by atoms with Crippen LogP contribution in [0.1, 0.15) is 0 Å². The lowest BCUT2D eigenvalue weighted by atomic mass is 10.8. The molecule has 0 aliphatic rings. The third-order valence-electron chi connectivity index (χ3n) is 1.10. The molecular weight excluding hydrogens is 136 g/mol. The first-order chi connectivity index (χ1) is 4.77. The Kier molecular flexibility index (Phi) is 0.717. The van der Waals surface area contributed by atoms with E-state index in [1.54, 1.807) is 0 Å². The Bertz CT molecular complexity index is 362. The summed E-state index contributed by atoms with van der Waals surface area (Å²) in [6.07, 6.45) is 1.31. The fourth-order valence-corrected chi connectivity index (χ4v) is 0.709. The van der Waals surface area contributed by atoms with Crippen molar-refractivity contribution in [3.05, 3.63) is 6.33 Å². The Balaban J connectivity index is 2.90. The van der Waals surface area contributed by atoms with Gasteiger partial charge in [-0.05, 0) is 0 Å². The monoisotopic (exact) mass is 140 g/mol. The number of hydrogen-bond donors (Lipinski definition) is 2. The highest BCUT2D eigenvalue weighted by molar-refractivity contribution is 5.45. The Morgan fingerprint density at radius 3 is 3.20 bits per heavy atom. The minimum absolute atomic E-state index is 0.00713. The van der Waals surface area contributed by atoms with Gasteiger partial charge >= 0.3 is 6.01 Å². The van der Waals surface area contributed by atoms with E-state index in [4.69, 9.17) is 15.3 Å². The topological polar surface area (TPSA) is 89.6 Å². The van der Waals surface area contributed by atoms with E-state index in [-0.39, 0.29) is 17.6 Å². The number of hydrogen-bond acceptors (Lipinski definition) is 5. The molecule has 0 aliphatic carbocycles. The number of anilines is 1. The highest BCUT2D eigenvalue weighted by Crippen LogP contribution is 2.16. The number of nitrogens with two attached hydrogens (primary N) is 1. The molecule has 2 aromatic rings. The van der Waals surface area contributed by atoms with E-state index < -0.39 is 0 Å². The van der Waals surface area contributed by atoms with Crippen molar-refractivity contribution in [1.82, 2.24) is 14.6 Å². The van der Waals surface area contributed by atoms with Crippen molar-refractivity contribution in [3.63, 3.8) is 0 Å². The fourth-order valence-electron chi connectivity index (χ4n) is 0.709. The zero-order valence-electron chi connectivity index (χ0n) is 4.85. The number of rotatable bonds is 0. The van der Waals surface area contributed by atoms with Crippen LogP contribution in [0, 0.1) is 0 Å². The lowest BCUT2D eigenvalue weighted by molar-refractivity contribution is 0.448. The first-order valence-corrected chi connectivity index (χ1v) is 2.56. The number of fused-ring (bicyclic) bond motifs is 1. The minimum Gasteiger partial charge on any atom is -0.489 e. The van der Waals surface area contributed by atoms with Crippen LogP contribution in [0.3, 0.4) is 0 Å². The second kappa shape index (κ2) is 1.41. The SMILES string of the molecule is Nc1nn2cnc(O)c2o1. The molecule has 0 saturated heterocycles. The number of aromatic nitrogens is 3. The summed E-state index contributed by atoms with van der Waals surface area (Å²) in [4.78, 5) is 3.50. The summed E-state index contributed by atoms with van der Waals surface area (Å²) in [5.74, 6) is -0.204. The van der Waals surface area contributed by atoms with E-state index in [0.29, 0.717) is 0 Å². The van der Waals surface area contributed by atoms with Crippen molar-refractivity contribution in [2.45, 2.75) is 0 Å². The predicted molar refractivity (Wildman–Crippen MR) is 31.3 cm³/mol. The molecule has 6 heteroatoms. The Hall–Kier alpha value is -1.72. The minimum atomic E-state index is -0.204. The first kappa shape index (κ1) is 5.10. The average molecular weight is 140 g/mol. The number of imidazole rings is 1. The van der Waals surface area contributed by atoms with Crippen molar-refractivity contribution in [1.29, 1.82) is 0 Å². The van der Waals surface area contributed by atoms with E-state index in [2.05, 4.69) is 10.1 Å². The van der Waals surface area contributed by atoms with Gasteiger partial charge in [-0.25, -0.2) is 0 Å². The normalized spacial score (nSPS) is 10.8. The fraction of sp³-hybridized carbons (Fsp3) is 0. The molecule has 0 spiro atoms. The van der Waals surface area contributed by atoms with Crippen LogP contribution in [0.5, 0.6) is 5.88 Å². The van der Waals surface area contributed by atoms with Crippen LogP contribution in [0.15, 0.2) is 10.7 Å². The third-order valence-corrected chi connectivity index (χ3v) is 1.10. The summed E-state index contributed by atoms with van der Waals surface area (Å²) >= 11 is 0. The lowest BCUT2D eigenvalue weighted by Crippen LogP contribution is -1.85. The standard InChI is InChI=1S/C4H4N4O2/c5-4-7-8-1-6-2(9)3(8)10-4/h1,9H,(H2,5,7). The average Bonchev–Trinajstić information content (AvgIpc) is 2.35. The summed E-state index contributed by atoms with van der Waals surface area (Å²) in [7, 11) is 0. The first-order valence-electron chi connectivity index (χ1n) is 2.56. The molecule has 0 aromatic carbocycles. The zero-order chi connectivity index (χ0) is 7.14. The van der Waals surface area contributed by atoms with Crippen molar-refractivity contribution < 1.29 is 9.52 Å². The van der Waals surface area contributed by atoms with E-state index >= 15 is 0 Å². The molecule has 10 heavy (non-hydrogen) atoms. The molecule has 0 atom stereocenters. The molecular formula is C4H4N4O2. The molecule has 2 aromatic heterocycles. The molecule has 6 nitrogen and oxygen atoms in total. The van der Waals surface area contributed by atoms with E-state index in [9.17, 15) is 0 Å². The smallest absolute Gasteiger partial charge is 0.311 e. The molecule has 2 heterocycles. The van der Waals surface area contributed by atoms with Gasteiger partial charge in [0.1, 0.15) is 6.33 Å². The maximum absolute atomic E-state index is 8.90. The quantitative estimate of drug-likeness (QED) is 0.520. The van der Waals surface area contributed by atoms with Crippen molar-refractivity contribution in [3.8, 4) is 5.88 Å². The van der Waals surface area contributed by atoms with Gasteiger partial charge in [0, 0.05) is 0 Å². The van der Waals surface area contributed by atoms with Gasteiger partial charge in [-0.15, -0.1) is 5.10 Å². The van der Waals surface area contributed by atoms with Gasteiger partial charge in [-0.1, -0.05) is 0 Å². The Labute approximate surface area is 54.9 Å². The van der Waals surface area contributed by atoms with Crippen LogP contribution in [0.2, 0.25) is 0 Å². The molecule has 0 aliphatic heterocycles. The second-order valence-corrected chi connectivity index (χ2v) is 1.76. The molecule has 0 saturated carbocycles. The summed E-state index contributed by atoms with van der Waals surface area (Å²) in [5, 5.41) is 12.5. The van der Waals surface area contributed by atoms with E-state index in [1.165, 1.54) is 10.8 Å². The maximum Gasteiger partial charge on any atom is 0.311 e.